The zero-order valence-electron chi connectivity index (χ0n) is 12.2. The Morgan fingerprint density at radius 1 is 1.00 bits per heavy atom. The predicted molar refractivity (Wildman–Crippen MR) is 83.9 cm³/mol. The fourth-order valence-electron chi connectivity index (χ4n) is 2.44. The van der Waals surface area contributed by atoms with Crippen LogP contribution in [0.2, 0.25) is 0 Å². The molecule has 1 fully saturated rings. The average molecular weight is 284 g/mol. The summed E-state index contributed by atoms with van der Waals surface area (Å²) in [5, 5.41) is 2.96. The largest absolute Gasteiger partial charge is 0.324 e. The molecular formula is C16H20N4O. The van der Waals surface area contributed by atoms with Crippen molar-refractivity contribution < 1.29 is 4.79 Å². The van der Waals surface area contributed by atoms with Gasteiger partial charge in [0.05, 0.1) is 0 Å². The maximum absolute atomic E-state index is 12.2. The molecule has 0 spiro atoms. The maximum Gasteiger partial charge on any atom is 0.321 e. The van der Waals surface area contributed by atoms with Gasteiger partial charge in [-0.05, 0) is 43.4 Å². The van der Waals surface area contributed by atoms with Crippen molar-refractivity contribution in [3.05, 3.63) is 48.8 Å². The van der Waals surface area contributed by atoms with Crippen LogP contribution in [0.25, 0.3) is 5.69 Å². The van der Waals surface area contributed by atoms with Crippen LogP contribution in [-0.2, 0) is 0 Å². The van der Waals surface area contributed by atoms with Crippen molar-refractivity contribution in [2.45, 2.75) is 0 Å². The van der Waals surface area contributed by atoms with Gasteiger partial charge in [-0.25, -0.2) is 4.79 Å². The number of hydrogen-bond donors (Lipinski definition) is 1. The minimum Gasteiger partial charge on any atom is -0.324 e. The van der Waals surface area contributed by atoms with Crippen molar-refractivity contribution >= 4 is 11.7 Å². The molecule has 1 saturated heterocycles. The molecule has 0 aliphatic carbocycles. The molecular weight excluding hydrogens is 264 g/mol. The number of benzene rings is 1. The molecule has 110 valence electrons. The van der Waals surface area contributed by atoms with Crippen molar-refractivity contribution in [1.82, 2.24) is 14.4 Å². The minimum absolute atomic E-state index is 0.0168. The summed E-state index contributed by atoms with van der Waals surface area (Å²) in [6.07, 6.45) is 4.00. The summed E-state index contributed by atoms with van der Waals surface area (Å²) in [6.45, 7) is 3.42. The summed E-state index contributed by atoms with van der Waals surface area (Å²) in [7, 11) is 2.08. The van der Waals surface area contributed by atoms with Crippen molar-refractivity contribution in [2.24, 2.45) is 0 Å². The van der Waals surface area contributed by atoms with Gasteiger partial charge in [-0.3, -0.25) is 0 Å². The molecule has 0 unspecified atom stereocenters. The number of amides is 2. The van der Waals surface area contributed by atoms with Crippen molar-refractivity contribution in [3.8, 4) is 5.69 Å². The van der Waals surface area contributed by atoms with E-state index in [-0.39, 0.29) is 6.03 Å². The minimum atomic E-state index is -0.0168. The molecule has 0 bridgehead atoms. The number of carbonyl (C=O) groups excluding carboxylic acids is 1. The van der Waals surface area contributed by atoms with Gasteiger partial charge in [0.2, 0.25) is 0 Å². The van der Waals surface area contributed by atoms with Gasteiger partial charge in [0.25, 0.3) is 0 Å². The number of rotatable bonds is 2. The molecule has 0 radical (unpaired) electrons. The SMILES string of the molecule is CN1CCN(C(=O)Nc2ccc(-n3cccc3)cc2)CC1. The molecule has 3 rings (SSSR count). The van der Waals surface area contributed by atoms with E-state index in [1.165, 1.54) is 0 Å². The molecule has 2 amide bonds. The van der Waals surface area contributed by atoms with Crippen LogP contribution in [0.3, 0.4) is 0 Å². The van der Waals surface area contributed by atoms with Crippen molar-refractivity contribution in [1.29, 1.82) is 0 Å². The first-order valence-electron chi connectivity index (χ1n) is 7.20. The molecule has 0 atom stereocenters. The van der Waals surface area contributed by atoms with E-state index in [0.717, 1.165) is 37.6 Å². The number of hydrogen-bond acceptors (Lipinski definition) is 2. The lowest BCUT2D eigenvalue weighted by atomic mass is 10.2. The zero-order chi connectivity index (χ0) is 14.7. The number of likely N-dealkylation sites (N-methyl/N-ethyl adjacent to an activating group) is 1. The average Bonchev–Trinajstić information content (AvgIpc) is 3.03. The fourth-order valence-corrected chi connectivity index (χ4v) is 2.44. The normalized spacial score (nSPS) is 16.0. The Balaban J connectivity index is 1.61. The van der Waals surface area contributed by atoms with E-state index < -0.39 is 0 Å². The summed E-state index contributed by atoms with van der Waals surface area (Å²) in [6, 6.07) is 11.8. The second kappa shape index (κ2) is 6.01. The van der Waals surface area contributed by atoms with Gasteiger partial charge >= 0.3 is 6.03 Å². The fraction of sp³-hybridized carbons (Fsp3) is 0.312. The van der Waals surface area contributed by atoms with Gasteiger partial charge in [-0.15, -0.1) is 0 Å². The van der Waals surface area contributed by atoms with Crippen LogP contribution >= 0.6 is 0 Å². The van der Waals surface area contributed by atoms with Crippen LogP contribution in [0, 0.1) is 0 Å². The van der Waals surface area contributed by atoms with Gasteiger partial charge in [0, 0.05) is 49.9 Å². The molecule has 2 heterocycles. The topological polar surface area (TPSA) is 40.5 Å². The first-order chi connectivity index (χ1) is 10.2. The van der Waals surface area contributed by atoms with E-state index in [9.17, 15) is 4.79 Å². The third-order valence-corrected chi connectivity index (χ3v) is 3.81. The molecule has 5 nitrogen and oxygen atoms in total. The molecule has 1 aromatic heterocycles. The first kappa shape index (κ1) is 13.7. The Morgan fingerprint density at radius 2 is 1.62 bits per heavy atom. The molecule has 1 aliphatic heterocycles. The number of anilines is 1. The quantitative estimate of drug-likeness (QED) is 0.919. The summed E-state index contributed by atoms with van der Waals surface area (Å²) in [4.78, 5) is 16.3. The lowest BCUT2D eigenvalue weighted by Gasteiger charge is -2.32. The molecule has 1 aliphatic rings. The summed E-state index contributed by atoms with van der Waals surface area (Å²) in [5.41, 5.74) is 1.91. The maximum atomic E-state index is 12.2. The van der Waals surface area contributed by atoms with Gasteiger partial charge in [-0.2, -0.15) is 0 Å². The number of piperazine rings is 1. The molecule has 1 aromatic carbocycles. The smallest absolute Gasteiger partial charge is 0.321 e. The van der Waals surface area contributed by atoms with E-state index in [2.05, 4.69) is 17.3 Å². The highest BCUT2D eigenvalue weighted by atomic mass is 16.2. The van der Waals surface area contributed by atoms with Gasteiger partial charge in [-0.1, -0.05) is 0 Å². The molecule has 2 aromatic rings. The number of carbonyl (C=O) groups is 1. The lowest BCUT2D eigenvalue weighted by molar-refractivity contribution is 0.164. The molecule has 0 saturated carbocycles. The Bertz CT molecular complexity index is 583. The zero-order valence-corrected chi connectivity index (χ0v) is 12.2. The van der Waals surface area contributed by atoms with E-state index in [1.54, 1.807) is 0 Å². The van der Waals surface area contributed by atoms with Crippen molar-refractivity contribution in [2.75, 3.05) is 38.5 Å². The van der Waals surface area contributed by atoms with Gasteiger partial charge in [0.1, 0.15) is 0 Å². The Labute approximate surface area is 124 Å². The van der Waals surface area contributed by atoms with Crippen molar-refractivity contribution in [3.63, 3.8) is 0 Å². The molecule has 1 N–H and O–H groups in total. The number of nitrogens with one attached hydrogen (secondary N) is 1. The van der Waals surface area contributed by atoms with E-state index in [0.29, 0.717) is 0 Å². The highest BCUT2D eigenvalue weighted by molar-refractivity contribution is 5.89. The third-order valence-electron chi connectivity index (χ3n) is 3.81. The summed E-state index contributed by atoms with van der Waals surface area (Å²) in [5.74, 6) is 0. The predicted octanol–water partition coefficient (Wildman–Crippen LogP) is 2.26. The van der Waals surface area contributed by atoms with Gasteiger partial charge in [0.15, 0.2) is 0 Å². The van der Waals surface area contributed by atoms with Crippen LogP contribution in [0.15, 0.2) is 48.8 Å². The first-order valence-corrected chi connectivity index (χ1v) is 7.20. The second-order valence-electron chi connectivity index (χ2n) is 5.36. The number of urea groups is 1. The number of nitrogens with zero attached hydrogens (tertiary/aromatic N) is 3. The molecule has 5 heteroatoms. The van der Waals surface area contributed by atoms with E-state index in [1.807, 2.05) is 58.3 Å². The summed E-state index contributed by atoms with van der Waals surface area (Å²) >= 11 is 0. The van der Waals surface area contributed by atoms with E-state index in [4.69, 9.17) is 0 Å². The van der Waals surface area contributed by atoms with Crippen LogP contribution in [0.5, 0.6) is 0 Å². The Morgan fingerprint density at radius 3 is 2.24 bits per heavy atom. The van der Waals surface area contributed by atoms with Crippen LogP contribution in [0.1, 0.15) is 0 Å². The third kappa shape index (κ3) is 3.25. The Hall–Kier alpha value is -2.27. The van der Waals surface area contributed by atoms with Crippen LogP contribution in [-0.4, -0.2) is 53.6 Å². The highest BCUT2D eigenvalue weighted by Gasteiger charge is 2.18. The van der Waals surface area contributed by atoms with Gasteiger partial charge < -0.3 is 19.7 Å². The highest BCUT2D eigenvalue weighted by Crippen LogP contribution is 2.14. The summed E-state index contributed by atoms with van der Waals surface area (Å²) < 4.78 is 2.03. The number of aromatic nitrogens is 1. The van der Waals surface area contributed by atoms with Crippen LogP contribution in [0.4, 0.5) is 10.5 Å². The monoisotopic (exact) mass is 284 g/mol. The Kier molecular flexibility index (Phi) is 3.92. The lowest BCUT2D eigenvalue weighted by Crippen LogP contribution is -2.48. The standard InChI is InChI=1S/C16H20N4O/c1-18-10-12-20(13-11-18)16(21)17-14-4-6-15(7-5-14)19-8-2-3-9-19/h2-9H,10-13H2,1H3,(H,17,21). The van der Waals surface area contributed by atoms with E-state index >= 15 is 0 Å². The second-order valence-corrected chi connectivity index (χ2v) is 5.36. The van der Waals surface area contributed by atoms with Crippen LogP contribution < -0.4 is 5.32 Å². The molecule has 21 heavy (non-hydrogen) atoms.